The van der Waals surface area contributed by atoms with Crippen molar-refractivity contribution >= 4 is 17.2 Å². The number of carbonyl (C=O) groups excluding carboxylic acids is 1. The number of aromatic nitrogens is 2. The number of nitrogens with zero attached hydrogens (tertiary/aromatic N) is 3. The molecule has 23 heavy (non-hydrogen) atoms. The Kier molecular flexibility index (Phi) is 5.07. The Balaban J connectivity index is 1.56. The normalized spacial score (nSPS) is 21.6. The minimum absolute atomic E-state index is 0.127. The van der Waals surface area contributed by atoms with Gasteiger partial charge in [0, 0.05) is 42.9 Å². The van der Waals surface area contributed by atoms with Crippen LogP contribution >= 0.6 is 11.3 Å². The van der Waals surface area contributed by atoms with E-state index in [0.29, 0.717) is 37.0 Å². The summed E-state index contributed by atoms with van der Waals surface area (Å²) < 4.78 is 5.24. The number of thiophene rings is 1. The highest BCUT2D eigenvalue weighted by atomic mass is 32.1. The Morgan fingerprint density at radius 3 is 3.17 bits per heavy atom. The summed E-state index contributed by atoms with van der Waals surface area (Å²) in [5.74, 6) is 1.86. The summed E-state index contributed by atoms with van der Waals surface area (Å²) in [5, 5.41) is 7.91. The zero-order valence-corrected chi connectivity index (χ0v) is 14.1. The van der Waals surface area contributed by atoms with Gasteiger partial charge in [0.1, 0.15) is 0 Å². The van der Waals surface area contributed by atoms with Crippen LogP contribution in [-0.2, 0) is 11.2 Å². The number of amides is 1. The number of hydrogen-bond acceptors (Lipinski definition) is 6. The molecule has 2 aromatic rings. The lowest BCUT2D eigenvalue weighted by atomic mass is 9.92. The number of hydrogen-bond donors (Lipinski definition) is 1. The second-order valence-electron chi connectivity index (χ2n) is 6.13. The van der Waals surface area contributed by atoms with Gasteiger partial charge in [-0.05, 0) is 30.2 Å². The molecule has 3 rings (SSSR count). The Bertz CT molecular complexity index is 640. The topological polar surface area (TPSA) is 85.2 Å². The molecule has 1 fully saturated rings. The van der Waals surface area contributed by atoms with Crippen LogP contribution in [0.15, 0.2) is 21.3 Å². The first kappa shape index (κ1) is 16.1. The van der Waals surface area contributed by atoms with Gasteiger partial charge in [-0.15, -0.1) is 0 Å². The lowest BCUT2D eigenvalue weighted by molar-refractivity contribution is -0.135. The molecular formula is C16H22N4O2S. The van der Waals surface area contributed by atoms with Crippen LogP contribution in [0, 0.1) is 5.92 Å². The summed E-state index contributed by atoms with van der Waals surface area (Å²) in [6.45, 7) is 3.54. The molecule has 2 N–H and O–H groups in total. The standard InChI is InChI=1S/C16H22N4O2S/c1-11-4-6-20(13(8-11)9-17)15(21)3-2-14-18-16(19-22-14)12-5-7-23-10-12/h5,7,10-11,13H,2-4,6,8-9,17H2,1H3. The van der Waals surface area contributed by atoms with Crippen molar-refractivity contribution in [3.05, 3.63) is 22.7 Å². The third kappa shape index (κ3) is 3.79. The second-order valence-corrected chi connectivity index (χ2v) is 6.91. The Labute approximate surface area is 139 Å². The fourth-order valence-corrected chi connectivity index (χ4v) is 3.66. The minimum Gasteiger partial charge on any atom is -0.339 e. The van der Waals surface area contributed by atoms with Crippen LogP contribution in [0.4, 0.5) is 0 Å². The average molecular weight is 334 g/mol. The van der Waals surface area contributed by atoms with Crippen molar-refractivity contribution < 1.29 is 9.32 Å². The van der Waals surface area contributed by atoms with Crippen LogP contribution in [0.25, 0.3) is 11.4 Å². The van der Waals surface area contributed by atoms with E-state index in [4.69, 9.17) is 10.3 Å². The van der Waals surface area contributed by atoms with Gasteiger partial charge in [0.05, 0.1) is 0 Å². The van der Waals surface area contributed by atoms with Crippen molar-refractivity contribution in [2.75, 3.05) is 13.1 Å². The minimum atomic E-state index is 0.127. The molecule has 1 aliphatic rings. The zero-order chi connectivity index (χ0) is 16.2. The van der Waals surface area contributed by atoms with E-state index < -0.39 is 0 Å². The smallest absolute Gasteiger partial charge is 0.227 e. The van der Waals surface area contributed by atoms with Crippen LogP contribution in [0.1, 0.15) is 32.1 Å². The highest BCUT2D eigenvalue weighted by Gasteiger charge is 2.28. The fraction of sp³-hybridized carbons (Fsp3) is 0.562. The maximum Gasteiger partial charge on any atom is 0.227 e. The van der Waals surface area contributed by atoms with Crippen LogP contribution in [-0.4, -0.2) is 40.1 Å². The van der Waals surface area contributed by atoms with E-state index in [9.17, 15) is 4.79 Å². The van der Waals surface area contributed by atoms with Gasteiger partial charge in [0.2, 0.25) is 17.6 Å². The largest absolute Gasteiger partial charge is 0.339 e. The van der Waals surface area contributed by atoms with Gasteiger partial charge in [-0.2, -0.15) is 16.3 Å². The summed E-state index contributed by atoms with van der Waals surface area (Å²) >= 11 is 1.59. The molecule has 0 bridgehead atoms. The Morgan fingerprint density at radius 2 is 2.43 bits per heavy atom. The lowest BCUT2D eigenvalue weighted by Gasteiger charge is -2.38. The molecule has 6 nitrogen and oxygen atoms in total. The van der Waals surface area contributed by atoms with Gasteiger partial charge < -0.3 is 15.2 Å². The molecule has 1 saturated heterocycles. The first-order valence-electron chi connectivity index (χ1n) is 8.02. The summed E-state index contributed by atoms with van der Waals surface area (Å²) in [6.07, 6.45) is 2.89. The van der Waals surface area contributed by atoms with Crippen LogP contribution in [0.2, 0.25) is 0 Å². The van der Waals surface area contributed by atoms with Gasteiger partial charge in [-0.25, -0.2) is 0 Å². The molecular weight excluding hydrogens is 312 g/mol. The van der Waals surface area contributed by atoms with Gasteiger partial charge in [-0.1, -0.05) is 12.1 Å². The van der Waals surface area contributed by atoms with Crippen molar-refractivity contribution in [2.24, 2.45) is 11.7 Å². The molecule has 0 saturated carbocycles. The number of likely N-dealkylation sites (tertiary alicyclic amines) is 1. The highest BCUT2D eigenvalue weighted by molar-refractivity contribution is 7.08. The number of rotatable bonds is 5. The lowest BCUT2D eigenvalue weighted by Crippen LogP contribution is -2.49. The molecule has 1 aliphatic heterocycles. The molecule has 0 aliphatic carbocycles. The SMILES string of the molecule is CC1CCN(C(=O)CCc2nc(-c3ccsc3)no2)C(CN)C1. The molecule has 1 amide bonds. The summed E-state index contributed by atoms with van der Waals surface area (Å²) in [7, 11) is 0. The molecule has 0 spiro atoms. The van der Waals surface area contributed by atoms with Gasteiger partial charge >= 0.3 is 0 Å². The molecule has 3 heterocycles. The van der Waals surface area contributed by atoms with Crippen molar-refractivity contribution in [3.63, 3.8) is 0 Å². The van der Waals surface area contributed by atoms with E-state index in [0.717, 1.165) is 24.9 Å². The monoisotopic (exact) mass is 334 g/mol. The quantitative estimate of drug-likeness (QED) is 0.907. The number of carbonyl (C=O) groups is 1. The molecule has 2 aromatic heterocycles. The predicted octanol–water partition coefficient (Wildman–Crippen LogP) is 2.32. The Hall–Kier alpha value is -1.73. The van der Waals surface area contributed by atoms with Crippen LogP contribution < -0.4 is 5.73 Å². The number of piperidine rings is 1. The van der Waals surface area contributed by atoms with E-state index in [1.807, 2.05) is 21.7 Å². The Morgan fingerprint density at radius 1 is 1.57 bits per heavy atom. The molecule has 124 valence electrons. The first-order chi connectivity index (χ1) is 11.2. The average Bonchev–Trinajstić information content (AvgIpc) is 3.23. The number of aryl methyl sites for hydroxylation is 1. The first-order valence-corrected chi connectivity index (χ1v) is 8.96. The fourth-order valence-electron chi connectivity index (χ4n) is 3.03. The van der Waals surface area contributed by atoms with E-state index in [2.05, 4.69) is 17.1 Å². The molecule has 0 radical (unpaired) electrons. The van der Waals surface area contributed by atoms with E-state index in [1.165, 1.54) is 0 Å². The zero-order valence-electron chi connectivity index (χ0n) is 13.3. The van der Waals surface area contributed by atoms with E-state index in [1.54, 1.807) is 11.3 Å². The third-order valence-electron chi connectivity index (χ3n) is 4.37. The van der Waals surface area contributed by atoms with Crippen molar-refractivity contribution in [3.8, 4) is 11.4 Å². The third-order valence-corrected chi connectivity index (χ3v) is 5.05. The molecule has 2 unspecified atom stereocenters. The predicted molar refractivity (Wildman–Crippen MR) is 88.9 cm³/mol. The maximum atomic E-state index is 12.5. The van der Waals surface area contributed by atoms with Crippen molar-refractivity contribution in [2.45, 2.75) is 38.6 Å². The van der Waals surface area contributed by atoms with E-state index in [-0.39, 0.29) is 11.9 Å². The summed E-state index contributed by atoms with van der Waals surface area (Å²) in [4.78, 5) is 18.7. The second kappa shape index (κ2) is 7.23. The van der Waals surface area contributed by atoms with Gasteiger partial charge in [-0.3, -0.25) is 4.79 Å². The summed E-state index contributed by atoms with van der Waals surface area (Å²) in [5.41, 5.74) is 6.77. The molecule has 0 aromatic carbocycles. The van der Waals surface area contributed by atoms with Crippen LogP contribution in [0.3, 0.4) is 0 Å². The van der Waals surface area contributed by atoms with Crippen molar-refractivity contribution in [1.82, 2.24) is 15.0 Å². The van der Waals surface area contributed by atoms with Gasteiger partial charge in [0.15, 0.2) is 0 Å². The van der Waals surface area contributed by atoms with E-state index >= 15 is 0 Å². The highest BCUT2D eigenvalue weighted by Crippen LogP contribution is 2.23. The van der Waals surface area contributed by atoms with Crippen LogP contribution in [0.5, 0.6) is 0 Å². The van der Waals surface area contributed by atoms with Crippen molar-refractivity contribution in [1.29, 1.82) is 0 Å². The number of nitrogens with two attached hydrogens (primary N) is 1. The molecule has 2 atom stereocenters. The molecule has 7 heteroatoms. The maximum absolute atomic E-state index is 12.5. The summed E-state index contributed by atoms with van der Waals surface area (Å²) in [6, 6.07) is 2.11. The van der Waals surface area contributed by atoms with Gasteiger partial charge in [0.25, 0.3) is 0 Å².